The van der Waals surface area contributed by atoms with Crippen LogP contribution in [0.2, 0.25) is 0 Å². The van der Waals surface area contributed by atoms with Gasteiger partial charge < -0.3 is 5.32 Å². The van der Waals surface area contributed by atoms with E-state index < -0.39 is 0 Å². The Bertz CT molecular complexity index is 569. The molecule has 1 atom stereocenters. The minimum Gasteiger partial charge on any atom is -0.379 e. The van der Waals surface area contributed by atoms with Gasteiger partial charge in [0, 0.05) is 11.7 Å². The number of rotatable bonds is 6. The molecule has 1 nitrogen and oxygen atoms in total. The summed E-state index contributed by atoms with van der Waals surface area (Å²) in [5, 5.41) is 3.60. The van der Waals surface area contributed by atoms with E-state index in [2.05, 4.69) is 75.5 Å². The standard InChI is InChI=1S/C20H27N/c1-5-6-7-18-9-11-19(12-10-18)21-17(4)20-13-8-15(2)14-16(20)3/h8-14,17,21H,5-7H2,1-4H3. The van der Waals surface area contributed by atoms with Crippen molar-refractivity contribution in [1.82, 2.24) is 0 Å². The molecular formula is C20H27N. The van der Waals surface area contributed by atoms with Crippen LogP contribution >= 0.6 is 0 Å². The van der Waals surface area contributed by atoms with Crippen molar-refractivity contribution >= 4 is 5.69 Å². The quantitative estimate of drug-likeness (QED) is 0.703. The number of hydrogen-bond acceptors (Lipinski definition) is 1. The first-order chi connectivity index (χ1) is 10.1. The second kappa shape index (κ2) is 7.31. The van der Waals surface area contributed by atoms with Crippen LogP contribution in [0, 0.1) is 13.8 Å². The van der Waals surface area contributed by atoms with Gasteiger partial charge in [-0.2, -0.15) is 0 Å². The van der Waals surface area contributed by atoms with Crippen molar-refractivity contribution in [3.8, 4) is 0 Å². The topological polar surface area (TPSA) is 12.0 Å². The van der Waals surface area contributed by atoms with Crippen LogP contribution < -0.4 is 5.32 Å². The maximum atomic E-state index is 3.60. The summed E-state index contributed by atoms with van der Waals surface area (Å²) in [6.07, 6.45) is 3.71. The Morgan fingerprint density at radius 2 is 1.71 bits per heavy atom. The summed E-state index contributed by atoms with van der Waals surface area (Å²) in [4.78, 5) is 0. The number of anilines is 1. The molecule has 1 unspecified atom stereocenters. The Morgan fingerprint density at radius 3 is 2.33 bits per heavy atom. The van der Waals surface area contributed by atoms with Gasteiger partial charge in [0.05, 0.1) is 0 Å². The van der Waals surface area contributed by atoms with Crippen LogP contribution in [-0.2, 0) is 6.42 Å². The molecule has 0 aliphatic carbocycles. The van der Waals surface area contributed by atoms with Crippen LogP contribution in [0.5, 0.6) is 0 Å². The number of aryl methyl sites for hydroxylation is 3. The largest absolute Gasteiger partial charge is 0.379 e. The fourth-order valence-electron chi connectivity index (χ4n) is 2.79. The average Bonchev–Trinajstić information content (AvgIpc) is 2.46. The predicted octanol–water partition coefficient (Wildman–Crippen LogP) is 5.82. The lowest BCUT2D eigenvalue weighted by Crippen LogP contribution is -2.08. The summed E-state index contributed by atoms with van der Waals surface area (Å²) >= 11 is 0. The van der Waals surface area contributed by atoms with Crippen LogP contribution in [0.15, 0.2) is 42.5 Å². The number of hydrogen-bond donors (Lipinski definition) is 1. The lowest BCUT2D eigenvalue weighted by molar-refractivity contribution is 0.795. The monoisotopic (exact) mass is 281 g/mol. The van der Waals surface area contributed by atoms with Crippen molar-refractivity contribution in [3.63, 3.8) is 0 Å². The van der Waals surface area contributed by atoms with Gasteiger partial charge in [-0.25, -0.2) is 0 Å². The highest BCUT2D eigenvalue weighted by Crippen LogP contribution is 2.23. The first kappa shape index (κ1) is 15.6. The molecule has 21 heavy (non-hydrogen) atoms. The van der Waals surface area contributed by atoms with Gasteiger partial charge in [0.15, 0.2) is 0 Å². The summed E-state index contributed by atoms with van der Waals surface area (Å²) in [7, 11) is 0. The normalized spacial score (nSPS) is 12.2. The van der Waals surface area contributed by atoms with Gasteiger partial charge in [-0.1, -0.05) is 49.2 Å². The molecule has 0 aliphatic rings. The zero-order valence-electron chi connectivity index (χ0n) is 13.7. The molecular weight excluding hydrogens is 254 g/mol. The Balaban J connectivity index is 2.03. The Morgan fingerprint density at radius 1 is 1.00 bits per heavy atom. The van der Waals surface area contributed by atoms with Crippen molar-refractivity contribution in [2.75, 3.05) is 5.32 Å². The van der Waals surface area contributed by atoms with E-state index in [0.717, 1.165) is 0 Å². The molecule has 112 valence electrons. The van der Waals surface area contributed by atoms with Crippen molar-refractivity contribution < 1.29 is 0 Å². The zero-order valence-corrected chi connectivity index (χ0v) is 13.7. The van der Waals surface area contributed by atoms with Crippen molar-refractivity contribution in [3.05, 3.63) is 64.7 Å². The highest BCUT2D eigenvalue weighted by molar-refractivity contribution is 5.47. The van der Waals surface area contributed by atoms with Crippen LogP contribution in [0.1, 0.15) is 55.0 Å². The molecule has 0 fully saturated rings. The molecule has 0 bridgehead atoms. The van der Waals surface area contributed by atoms with Crippen LogP contribution in [-0.4, -0.2) is 0 Å². The number of unbranched alkanes of at least 4 members (excludes halogenated alkanes) is 1. The summed E-state index contributed by atoms with van der Waals surface area (Å²) < 4.78 is 0. The molecule has 0 amide bonds. The second-order valence-corrected chi connectivity index (χ2v) is 6.03. The van der Waals surface area contributed by atoms with E-state index in [1.54, 1.807) is 0 Å². The first-order valence-electron chi connectivity index (χ1n) is 8.02. The van der Waals surface area contributed by atoms with Crippen molar-refractivity contribution in [1.29, 1.82) is 0 Å². The number of benzene rings is 2. The van der Waals surface area contributed by atoms with E-state index in [4.69, 9.17) is 0 Å². The second-order valence-electron chi connectivity index (χ2n) is 6.03. The third-order valence-electron chi connectivity index (χ3n) is 4.05. The van der Waals surface area contributed by atoms with Crippen LogP contribution in [0.3, 0.4) is 0 Å². The van der Waals surface area contributed by atoms with Crippen molar-refractivity contribution in [2.45, 2.75) is 53.0 Å². The SMILES string of the molecule is CCCCc1ccc(NC(C)c2ccc(C)cc2C)cc1. The fourth-order valence-corrected chi connectivity index (χ4v) is 2.79. The van der Waals surface area contributed by atoms with Gasteiger partial charge in [-0.3, -0.25) is 0 Å². The molecule has 2 aromatic rings. The van der Waals surface area contributed by atoms with Gasteiger partial charge in [0.25, 0.3) is 0 Å². The molecule has 0 saturated carbocycles. The van der Waals surface area contributed by atoms with E-state index in [9.17, 15) is 0 Å². The minimum absolute atomic E-state index is 0.326. The lowest BCUT2D eigenvalue weighted by Gasteiger charge is -2.18. The molecule has 0 heterocycles. The maximum Gasteiger partial charge on any atom is 0.0488 e. The van der Waals surface area contributed by atoms with Crippen molar-refractivity contribution in [2.24, 2.45) is 0 Å². The smallest absolute Gasteiger partial charge is 0.0488 e. The van der Waals surface area contributed by atoms with E-state index >= 15 is 0 Å². The highest BCUT2D eigenvalue weighted by atomic mass is 14.9. The van der Waals surface area contributed by atoms with Crippen LogP contribution in [0.4, 0.5) is 5.69 Å². The summed E-state index contributed by atoms with van der Waals surface area (Å²) in [6, 6.07) is 15.9. The molecule has 2 aromatic carbocycles. The van der Waals surface area contributed by atoms with Crippen LogP contribution in [0.25, 0.3) is 0 Å². The first-order valence-corrected chi connectivity index (χ1v) is 8.02. The zero-order chi connectivity index (χ0) is 15.2. The summed E-state index contributed by atoms with van der Waals surface area (Å²) in [6.45, 7) is 8.79. The summed E-state index contributed by atoms with van der Waals surface area (Å²) in [5.41, 5.74) is 6.68. The molecule has 2 rings (SSSR count). The van der Waals surface area contributed by atoms with E-state index in [0.29, 0.717) is 6.04 Å². The molecule has 1 heteroatoms. The third-order valence-corrected chi connectivity index (χ3v) is 4.05. The van der Waals surface area contributed by atoms with E-state index in [1.165, 1.54) is 47.2 Å². The third kappa shape index (κ3) is 4.35. The van der Waals surface area contributed by atoms with Gasteiger partial charge in [-0.15, -0.1) is 0 Å². The Hall–Kier alpha value is -1.76. The van der Waals surface area contributed by atoms with Gasteiger partial charge in [0.1, 0.15) is 0 Å². The van der Waals surface area contributed by atoms with Gasteiger partial charge in [0.2, 0.25) is 0 Å². The predicted molar refractivity (Wildman–Crippen MR) is 93.0 cm³/mol. The summed E-state index contributed by atoms with van der Waals surface area (Å²) in [5.74, 6) is 0. The Kier molecular flexibility index (Phi) is 5.44. The lowest BCUT2D eigenvalue weighted by atomic mass is 10.00. The minimum atomic E-state index is 0.326. The van der Waals surface area contributed by atoms with E-state index in [1.807, 2.05) is 0 Å². The molecule has 0 radical (unpaired) electrons. The average molecular weight is 281 g/mol. The van der Waals surface area contributed by atoms with Gasteiger partial charge in [-0.05, 0) is 62.4 Å². The molecule has 1 N–H and O–H groups in total. The Labute approximate surface area is 129 Å². The molecule has 0 aliphatic heterocycles. The molecule has 0 spiro atoms. The highest BCUT2D eigenvalue weighted by Gasteiger charge is 2.08. The van der Waals surface area contributed by atoms with Gasteiger partial charge >= 0.3 is 0 Å². The fraction of sp³-hybridized carbons (Fsp3) is 0.400. The number of nitrogens with one attached hydrogen (secondary N) is 1. The maximum absolute atomic E-state index is 3.60. The molecule has 0 saturated heterocycles. The molecule has 0 aromatic heterocycles. The van der Waals surface area contributed by atoms with E-state index in [-0.39, 0.29) is 0 Å².